The van der Waals surface area contributed by atoms with Crippen molar-refractivity contribution in [1.29, 1.82) is 0 Å². The lowest BCUT2D eigenvalue weighted by atomic mass is 10.1. The Morgan fingerprint density at radius 1 is 1.65 bits per heavy atom. The van der Waals surface area contributed by atoms with Gasteiger partial charge < -0.3 is 11.1 Å². The predicted octanol–water partition coefficient (Wildman–Crippen LogP) is 1.23. The Hall–Kier alpha value is -1.78. The fourth-order valence-electron chi connectivity index (χ4n) is 2.02. The molecule has 1 aromatic heterocycles. The number of anilines is 1. The van der Waals surface area contributed by atoms with Crippen molar-refractivity contribution >= 4 is 11.7 Å². The van der Waals surface area contributed by atoms with Crippen LogP contribution in [0.15, 0.2) is 17.8 Å². The standard InChI is InChI=1S/C12H18N4O/c1-16-11(13)10(8-15-16)12(17)14-7-6-9-4-2-3-5-9/h4,8H,2-3,5-7,13H2,1H3,(H,14,17). The molecule has 1 amide bonds. The average Bonchev–Trinajstić information content (AvgIpc) is 2.91. The van der Waals surface area contributed by atoms with Gasteiger partial charge in [0.25, 0.3) is 5.91 Å². The molecule has 0 bridgehead atoms. The zero-order valence-electron chi connectivity index (χ0n) is 10.1. The number of nitrogens with one attached hydrogen (secondary N) is 1. The Labute approximate surface area is 101 Å². The fourth-order valence-corrected chi connectivity index (χ4v) is 2.02. The van der Waals surface area contributed by atoms with Crippen LogP contribution in [0.2, 0.25) is 0 Å². The molecule has 1 aliphatic rings. The van der Waals surface area contributed by atoms with Crippen LogP contribution in [0, 0.1) is 0 Å². The molecule has 0 aliphatic heterocycles. The highest BCUT2D eigenvalue weighted by Crippen LogP contribution is 2.19. The summed E-state index contributed by atoms with van der Waals surface area (Å²) in [6, 6.07) is 0. The van der Waals surface area contributed by atoms with Gasteiger partial charge in [-0.15, -0.1) is 0 Å². The van der Waals surface area contributed by atoms with Gasteiger partial charge in [-0.2, -0.15) is 5.10 Å². The van der Waals surface area contributed by atoms with E-state index >= 15 is 0 Å². The number of allylic oxidation sites excluding steroid dienone is 1. The maximum Gasteiger partial charge on any atom is 0.256 e. The lowest BCUT2D eigenvalue weighted by molar-refractivity contribution is 0.0955. The number of carbonyl (C=O) groups is 1. The molecule has 0 atom stereocenters. The Morgan fingerprint density at radius 2 is 2.47 bits per heavy atom. The Balaban J connectivity index is 1.83. The van der Waals surface area contributed by atoms with E-state index in [1.54, 1.807) is 7.05 Å². The predicted molar refractivity (Wildman–Crippen MR) is 66.5 cm³/mol. The Bertz CT molecular complexity index is 447. The highest BCUT2D eigenvalue weighted by atomic mass is 16.1. The van der Waals surface area contributed by atoms with E-state index in [0.717, 1.165) is 6.42 Å². The van der Waals surface area contributed by atoms with Crippen LogP contribution >= 0.6 is 0 Å². The van der Waals surface area contributed by atoms with E-state index in [-0.39, 0.29) is 5.91 Å². The number of hydrogen-bond donors (Lipinski definition) is 2. The molecule has 0 aromatic carbocycles. The SMILES string of the molecule is Cn1ncc(C(=O)NCCC2=CCCC2)c1N. The minimum absolute atomic E-state index is 0.144. The Kier molecular flexibility index (Phi) is 3.46. The summed E-state index contributed by atoms with van der Waals surface area (Å²) in [5, 5.41) is 6.81. The highest BCUT2D eigenvalue weighted by molar-refractivity contribution is 5.98. The van der Waals surface area contributed by atoms with Crippen molar-refractivity contribution in [2.24, 2.45) is 7.05 Å². The van der Waals surface area contributed by atoms with Crippen LogP contribution in [0.3, 0.4) is 0 Å². The number of nitrogens with zero attached hydrogens (tertiary/aromatic N) is 2. The summed E-state index contributed by atoms with van der Waals surface area (Å²) in [6.07, 6.45) is 8.30. The molecule has 0 saturated carbocycles. The summed E-state index contributed by atoms with van der Waals surface area (Å²) < 4.78 is 1.49. The molecule has 1 heterocycles. The third-order valence-electron chi connectivity index (χ3n) is 3.10. The summed E-state index contributed by atoms with van der Waals surface area (Å²) in [5.74, 6) is 0.261. The molecule has 5 heteroatoms. The second-order valence-electron chi connectivity index (χ2n) is 4.33. The summed E-state index contributed by atoms with van der Waals surface area (Å²) >= 11 is 0. The highest BCUT2D eigenvalue weighted by Gasteiger charge is 2.13. The molecule has 2 rings (SSSR count). The molecule has 17 heavy (non-hydrogen) atoms. The molecule has 3 N–H and O–H groups in total. The van der Waals surface area contributed by atoms with Crippen molar-refractivity contribution in [3.05, 3.63) is 23.4 Å². The van der Waals surface area contributed by atoms with Gasteiger partial charge in [-0.1, -0.05) is 11.6 Å². The molecule has 0 unspecified atom stereocenters. The van der Waals surface area contributed by atoms with E-state index in [9.17, 15) is 4.79 Å². The lowest BCUT2D eigenvalue weighted by Crippen LogP contribution is -2.25. The van der Waals surface area contributed by atoms with Crippen LogP contribution in [-0.2, 0) is 7.05 Å². The number of hydrogen-bond acceptors (Lipinski definition) is 3. The van der Waals surface area contributed by atoms with E-state index in [2.05, 4.69) is 16.5 Å². The van der Waals surface area contributed by atoms with Crippen LogP contribution in [0.1, 0.15) is 36.0 Å². The number of rotatable bonds is 4. The first kappa shape index (κ1) is 11.7. The van der Waals surface area contributed by atoms with Crippen molar-refractivity contribution in [2.75, 3.05) is 12.3 Å². The van der Waals surface area contributed by atoms with E-state index in [0.29, 0.717) is 17.9 Å². The quantitative estimate of drug-likeness (QED) is 0.770. The summed E-state index contributed by atoms with van der Waals surface area (Å²) in [5.41, 5.74) is 7.63. The molecule has 0 saturated heterocycles. The minimum Gasteiger partial charge on any atom is -0.383 e. The zero-order valence-corrected chi connectivity index (χ0v) is 10.1. The molecule has 92 valence electrons. The maximum absolute atomic E-state index is 11.8. The van der Waals surface area contributed by atoms with Crippen molar-refractivity contribution in [1.82, 2.24) is 15.1 Å². The van der Waals surface area contributed by atoms with Gasteiger partial charge >= 0.3 is 0 Å². The number of aryl methyl sites for hydroxylation is 1. The van der Waals surface area contributed by atoms with Gasteiger partial charge in [0.05, 0.1) is 6.20 Å². The van der Waals surface area contributed by atoms with Gasteiger partial charge in [0, 0.05) is 13.6 Å². The van der Waals surface area contributed by atoms with Crippen LogP contribution in [0.5, 0.6) is 0 Å². The molecule has 0 radical (unpaired) electrons. The molecule has 1 aliphatic carbocycles. The normalized spacial score (nSPS) is 14.8. The zero-order chi connectivity index (χ0) is 12.3. The van der Waals surface area contributed by atoms with E-state index < -0.39 is 0 Å². The first-order valence-corrected chi connectivity index (χ1v) is 5.92. The van der Waals surface area contributed by atoms with Gasteiger partial charge in [0.1, 0.15) is 11.4 Å². The van der Waals surface area contributed by atoms with Crippen molar-refractivity contribution in [3.63, 3.8) is 0 Å². The van der Waals surface area contributed by atoms with Gasteiger partial charge in [-0.3, -0.25) is 9.48 Å². The summed E-state index contributed by atoms with van der Waals surface area (Å²) in [7, 11) is 1.72. The third-order valence-corrected chi connectivity index (χ3v) is 3.10. The molecular weight excluding hydrogens is 216 g/mol. The van der Waals surface area contributed by atoms with Crippen molar-refractivity contribution < 1.29 is 4.79 Å². The van der Waals surface area contributed by atoms with Crippen LogP contribution < -0.4 is 11.1 Å². The first-order valence-electron chi connectivity index (χ1n) is 5.92. The largest absolute Gasteiger partial charge is 0.383 e. The monoisotopic (exact) mass is 234 g/mol. The lowest BCUT2D eigenvalue weighted by Gasteiger charge is -2.05. The Morgan fingerprint density at radius 3 is 3.06 bits per heavy atom. The maximum atomic E-state index is 11.8. The van der Waals surface area contributed by atoms with Crippen LogP contribution in [0.25, 0.3) is 0 Å². The number of amides is 1. The average molecular weight is 234 g/mol. The number of carbonyl (C=O) groups excluding carboxylic acids is 1. The van der Waals surface area contributed by atoms with Gasteiger partial charge in [0.2, 0.25) is 0 Å². The number of nitrogen functional groups attached to an aromatic ring is 1. The molecule has 1 aromatic rings. The van der Waals surface area contributed by atoms with Crippen molar-refractivity contribution in [3.8, 4) is 0 Å². The summed E-state index contributed by atoms with van der Waals surface area (Å²) in [4.78, 5) is 11.8. The molecule has 0 spiro atoms. The minimum atomic E-state index is -0.144. The second kappa shape index (κ2) is 5.03. The van der Waals surface area contributed by atoms with Gasteiger partial charge in [-0.05, 0) is 25.7 Å². The van der Waals surface area contributed by atoms with Crippen LogP contribution in [-0.4, -0.2) is 22.2 Å². The van der Waals surface area contributed by atoms with Gasteiger partial charge in [-0.25, -0.2) is 0 Å². The topological polar surface area (TPSA) is 72.9 Å². The van der Waals surface area contributed by atoms with E-state index in [1.807, 2.05) is 0 Å². The molecular formula is C12H18N4O. The van der Waals surface area contributed by atoms with E-state index in [1.165, 1.54) is 35.7 Å². The number of nitrogens with two attached hydrogens (primary N) is 1. The van der Waals surface area contributed by atoms with E-state index in [4.69, 9.17) is 5.73 Å². The third kappa shape index (κ3) is 2.67. The summed E-state index contributed by atoms with van der Waals surface area (Å²) in [6.45, 7) is 0.666. The smallest absolute Gasteiger partial charge is 0.256 e. The second-order valence-corrected chi connectivity index (χ2v) is 4.33. The number of aromatic nitrogens is 2. The van der Waals surface area contributed by atoms with Crippen molar-refractivity contribution in [2.45, 2.75) is 25.7 Å². The molecule has 0 fully saturated rings. The first-order chi connectivity index (χ1) is 8.18. The van der Waals surface area contributed by atoms with Crippen LogP contribution in [0.4, 0.5) is 5.82 Å². The molecule has 5 nitrogen and oxygen atoms in total. The van der Waals surface area contributed by atoms with Gasteiger partial charge in [0.15, 0.2) is 0 Å². The fraction of sp³-hybridized carbons (Fsp3) is 0.500.